The highest BCUT2D eigenvalue weighted by atomic mass is 32.1. The Bertz CT molecular complexity index is 862. The number of methoxy groups -OCH3 is 1. The van der Waals surface area contributed by atoms with Gasteiger partial charge in [-0.1, -0.05) is 23.5 Å². The summed E-state index contributed by atoms with van der Waals surface area (Å²) >= 11 is 1.35. The van der Waals surface area contributed by atoms with Crippen LogP contribution in [0.2, 0.25) is 0 Å². The van der Waals surface area contributed by atoms with Crippen LogP contribution >= 0.6 is 11.3 Å². The van der Waals surface area contributed by atoms with E-state index in [1.165, 1.54) is 17.8 Å². The number of benzene rings is 1. The number of hydrogen-bond acceptors (Lipinski definition) is 6. The average molecular weight is 385 g/mol. The summed E-state index contributed by atoms with van der Waals surface area (Å²) in [6.07, 6.45) is 6.86. The Balaban J connectivity index is 1.41. The number of allylic oxidation sites excluding steroid dienone is 1. The molecular formula is C20H23N3O3S. The van der Waals surface area contributed by atoms with E-state index >= 15 is 0 Å². The number of rotatable bonds is 6. The van der Waals surface area contributed by atoms with Crippen LogP contribution in [0, 0.1) is 11.8 Å². The molecule has 2 aliphatic carbocycles. The van der Waals surface area contributed by atoms with Crippen molar-refractivity contribution in [3.05, 3.63) is 41.3 Å². The molecule has 1 aromatic carbocycles. The Hall–Kier alpha value is -2.54. The number of anilines is 2. The molecule has 27 heavy (non-hydrogen) atoms. The standard InChI is InChI=1S/C20H23N3O3S/c1-11(18(24)21-14-5-7-15(26-2)8-6-14)17-19(25)23-20(27-17)22-16-10-12-3-4-13(16)9-12/h3-8,11-13,16,25H,9-10H2,1-2H3,(H,21,24)(H,22,23). The summed E-state index contributed by atoms with van der Waals surface area (Å²) in [5.74, 6) is 1.18. The number of hydrogen-bond donors (Lipinski definition) is 3. The van der Waals surface area contributed by atoms with Crippen molar-refractivity contribution in [3.63, 3.8) is 0 Å². The van der Waals surface area contributed by atoms with Crippen molar-refractivity contribution in [2.75, 3.05) is 17.7 Å². The van der Waals surface area contributed by atoms with Crippen LogP contribution in [0.5, 0.6) is 11.6 Å². The van der Waals surface area contributed by atoms with Crippen molar-refractivity contribution >= 4 is 28.1 Å². The fourth-order valence-corrected chi connectivity index (χ4v) is 4.79. The molecule has 6 nitrogen and oxygen atoms in total. The quantitative estimate of drug-likeness (QED) is 0.655. The van der Waals surface area contributed by atoms with E-state index in [1.807, 2.05) is 0 Å². The van der Waals surface area contributed by atoms with Crippen LogP contribution in [0.3, 0.4) is 0 Å². The molecule has 7 heteroatoms. The molecule has 142 valence electrons. The van der Waals surface area contributed by atoms with Crippen LogP contribution in [0.1, 0.15) is 30.6 Å². The first-order chi connectivity index (χ1) is 13.0. The monoisotopic (exact) mass is 385 g/mol. The highest BCUT2D eigenvalue weighted by molar-refractivity contribution is 7.16. The maximum atomic E-state index is 12.6. The van der Waals surface area contributed by atoms with Crippen LogP contribution in [0.15, 0.2) is 36.4 Å². The summed E-state index contributed by atoms with van der Waals surface area (Å²) in [4.78, 5) is 17.4. The molecule has 4 rings (SSSR count). The second-order valence-corrected chi connectivity index (χ2v) is 8.21. The summed E-state index contributed by atoms with van der Waals surface area (Å²) in [5, 5.41) is 17.2. The third-order valence-corrected chi connectivity index (χ3v) is 6.52. The van der Waals surface area contributed by atoms with Crippen LogP contribution in [-0.2, 0) is 4.79 Å². The Morgan fingerprint density at radius 2 is 2.07 bits per heavy atom. The van der Waals surface area contributed by atoms with Gasteiger partial charge in [-0.05, 0) is 55.9 Å². The number of carbonyl (C=O) groups is 1. The molecule has 0 spiro atoms. The lowest BCUT2D eigenvalue weighted by molar-refractivity contribution is -0.117. The highest BCUT2D eigenvalue weighted by Gasteiger charge is 2.36. The summed E-state index contributed by atoms with van der Waals surface area (Å²) in [5.41, 5.74) is 0.684. The van der Waals surface area contributed by atoms with E-state index in [1.54, 1.807) is 38.3 Å². The second kappa shape index (κ2) is 7.23. The third kappa shape index (κ3) is 3.64. The third-order valence-electron chi connectivity index (χ3n) is 5.37. The molecule has 3 N–H and O–H groups in total. The molecule has 1 aromatic heterocycles. The normalized spacial score (nSPS) is 24.0. The van der Waals surface area contributed by atoms with Crippen LogP contribution in [0.4, 0.5) is 10.8 Å². The molecule has 0 radical (unpaired) electrons. The fourth-order valence-electron chi connectivity index (χ4n) is 3.82. The molecule has 0 aliphatic heterocycles. The number of aromatic hydroxyl groups is 1. The van der Waals surface area contributed by atoms with Gasteiger partial charge in [0.05, 0.1) is 17.9 Å². The minimum atomic E-state index is -0.500. The molecule has 4 atom stereocenters. The van der Waals surface area contributed by atoms with Gasteiger partial charge < -0.3 is 20.5 Å². The zero-order valence-electron chi connectivity index (χ0n) is 15.3. The van der Waals surface area contributed by atoms with Gasteiger partial charge in [-0.15, -0.1) is 0 Å². The van der Waals surface area contributed by atoms with Gasteiger partial charge in [0, 0.05) is 11.7 Å². The van der Waals surface area contributed by atoms with Crippen LogP contribution in [0.25, 0.3) is 0 Å². The second-order valence-electron chi connectivity index (χ2n) is 7.18. The number of ether oxygens (including phenoxy) is 1. The number of nitrogens with one attached hydrogen (secondary N) is 2. The maximum Gasteiger partial charge on any atom is 0.232 e. The van der Waals surface area contributed by atoms with Crippen molar-refractivity contribution in [2.24, 2.45) is 11.8 Å². The van der Waals surface area contributed by atoms with Gasteiger partial charge in [-0.25, -0.2) is 0 Å². The summed E-state index contributed by atoms with van der Waals surface area (Å²) < 4.78 is 5.12. The van der Waals surface area contributed by atoms with E-state index in [4.69, 9.17) is 4.74 Å². The summed E-state index contributed by atoms with van der Waals surface area (Å²) in [7, 11) is 1.60. The molecule has 2 aliphatic rings. The molecular weight excluding hydrogens is 362 g/mol. The van der Waals surface area contributed by atoms with E-state index in [2.05, 4.69) is 27.8 Å². The van der Waals surface area contributed by atoms with Gasteiger partial charge in [0.1, 0.15) is 5.75 Å². The number of fused-ring (bicyclic) bond motifs is 2. The molecule has 2 bridgehead atoms. The minimum Gasteiger partial charge on any atom is -0.497 e. The van der Waals surface area contributed by atoms with Gasteiger partial charge in [0.2, 0.25) is 11.8 Å². The molecule has 1 saturated carbocycles. The van der Waals surface area contributed by atoms with Gasteiger partial charge in [0.25, 0.3) is 0 Å². The van der Waals surface area contributed by atoms with E-state index in [0.29, 0.717) is 33.6 Å². The zero-order valence-corrected chi connectivity index (χ0v) is 16.1. The van der Waals surface area contributed by atoms with Gasteiger partial charge in [-0.3, -0.25) is 4.79 Å². The lowest BCUT2D eigenvalue weighted by atomic mass is 10.0. The first kappa shape index (κ1) is 17.9. The van der Waals surface area contributed by atoms with Crippen molar-refractivity contribution in [3.8, 4) is 11.6 Å². The molecule has 0 saturated heterocycles. The Labute approximate surface area is 162 Å². The van der Waals surface area contributed by atoms with Crippen molar-refractivity contribution < 1.29 is 14.6 Å². The summed E-state index contributed by atoms with van der Waals surface area (Å²) in [6, 6.07) is 7.51. The van der Waals surface area contributed by atoms with Crippen molar-refractivity contribution in [2.45, 2.75) is 31.7 Å². The van der Waals surface area contributed by atoms with Crippen LogP contribution in [-0.4, -0.2) is 29.1 Å². The first-order valence-corrected chi connectivity index (χ1v) is 9.94. The Morgan fingerprint density at radius 3 is 2.70 bits per heavy atom. The van der Waals surface area contributed by atoms with E-state index in [9.17, 15) is 9.90 Å². The van der Waals surface area contributed by atoms with E-state index < -0.39 is 5.92 Å². The molecule has 1 amide bonds. The van der Waals surface area contributed by atoms with E-state index in [-0.39, 0.29) is 11.8 Å². The topological polar surface area (TPSA) is 83.5 Å². The Morgan fingerprint density at radius 1 is 1.30 bits per heavy atom. The smallest absolute Gasteiger partial charge is 0.232 e. The van der Waals surface area contributed by atoms with Gasteiger partial charge in [-0.2, -0.15) is 4.98 Å². The van der Waals surface area contributed by atoms with Gasteiger partial charge >= 0.3 is 0 Å². The van der Waals surface area contributed by atoms with Crippen molar-refractivity contribution in [1.29, 1.82) is 0 Å². The molecule has 2 aromatic rings. The SMILES string of the molecule is COc1ccc(NC(=O)C(C)c2sc(NC3CC4C=CC3C4)nc2O)cc1. The number of nitrogens with zero attached hydrogens (tertiary/aromatic N) is 1. The number of thiazole rings is 1. The predicted octanol–water partition coefficient (Wildman–Crippen LogP) is 3.98. The van der Waals surface area contributed by atoms with E-state index in [0.717, 1.165) is 12.2 Å². The predicted molar refractivity (Wildman–Crippen MR) is 107 cm³/mol. The molecule has 1 fully saturated rings. The summed E-state index contributed by atoms with van der Waals surface area (Å²) in [6.45, 7) is 1.77. The zero-order chi connectivity index (χ0) is 19.0. The first-order valence-electron chi connectivity index (χ1n) is 9.13. The minimum absolute atomic E-state index is 0.0708. The highest BCUT2D eigenvalue weighted by Crippen LogP contribution is 2.42. The maximum absolute atomic E-state index is 12.6. The number of aromatic nitrogens is 1. The van der Waals surface area contributed by atoms with Gasteiger partial charge in [0.15, 0.2) is 5.13 Å². The Kier molecular flexibility index (Phi) is 4.78. The molecule has 4 unspecified atom stereocenters. The lowest BCUT2D eigenvalue weighted by Gasteiger charge is -2.18. The largest absolute Gasteiger partial charge is 0.497 e. The fraction of sp³-hybridized carbons (Fsp3) is 0.400. The number of amides is 1. The molecule has 1 heterocycles. The van der Waals surface area contributed by atoms with Crippen molar-refractivity contribution in [1.82, 2.24) is 4.98 Å². The van der Waals surface area contributed by atoms with Crippen LogP contribution < -0.4 is 15.4 Å². The average Bonchev–Trinajstić information content (AvgIpc) is 3.37. The number of carbonyl (C=O) groups excluding carboxylic acids is 1. The lowest BCUT2D eigenvalue weighted by Crippen LogP contribution is -2.23.